The van der Waals surface area contributed by atoms with E-state index >= 15 is 0 Å². The molecule has 6 rings (SSSR count). The van der Waals surface area contributed by atoms with E-state index in [9.17, 15) is 4.79 Å². The summed E-state index contributed by atoms with van der Waals surface area (Å²) in [5.74, 6) is 0.761. The van der Waals surface area contributed by atoms with Crippen molar-refractivity contribution in [1.29, 1.82) is 0 Å². The number of fused-ring (bicyclic) bond motifs is 1. The lowest BCUT2D eigenvalue weighted by atomic mass is 9.49. The minimum absolute atomic E-state index is 0.159. The lowest BCUT2D eigenvalue weighted by Gasteiger charge is -2.42. The molecule has 1 N–H and O–H groups in total. The number of ether oxygens (including phenoxy) is 1. The molecule has 0 saturated carbocycles. The number of nitrogens with one attached hydrogen (secondary N) is 1. The molecule has 4 saturated heterocycles. The zero-order valence-electron chi connectivity index (χ0n) is 31.2. The van der Waals surface area contributed by atoms with Crippen LogP contribution < -0.4 is 5.46 Å². The van der Waals surface area contributed by atoms with Gasteiger partial charge >= 0.3 is 27.2 Å². The van der Waals surface area contributed by atoms with E-state index in [0.717, 1.165) is 35.2 Å². The molecule has 0 aliphatic carbocycles. The second-order valence-electron chi connectivity index (χ2n) is 17.5. The zero-order chi connectivity index (χ0) is 35.3. The molecule has 4 aliphatic rings. The van der Waals surface area contributed by atoms with E-state index in [4.69, 9.17) is 37.6 Å². The van der Waals surface area contributed by atoms with E-state index in [2.05, 4.69) is 46.5 Å². The summed E-state index contributed by atoms with van der Waals surface area (Å²) in [6.07, 6.45) is 2.76. The molecule has 1 aromatic carbocycles. The number of hydrogen-bond donors (Lipinski definition) is 1. The molecule has 4 fully saturated rings. The number of imidazole rings is 1. The van der Waals surface area contributed by atoms with Crippen LogP contribution in [0, 0.1) is 0 Å². The van der Waals surface area contributed by atoms with Gasteiger partial charge in [0, 0.05) is 6.54 Å². The standard InChI is InChI=1S/C34H54B3N3O8/c1-28(2,3)42-27(41)40-20-14-15-25(40)26-38-23-17-16-22(21-24(23)39-26)35-43-31(8,9)33(12,47-35)18-19-34(13)32(10,11)46-37(48-34)36-44-29(4,5)30(6,7)45-36/h16-17,21,25H,14-15,18-20H2,1-13H3,(H,38,39)/t25-,33?,34?/m0/s1. The van der Waals surface area contributed by atoms with E-state index < -0.39 is 60.3 Å². The molecule has 48 heavy (non-hydrogen) atoms. The topological polar surface area (TPSA) is 114 Å². The van der Waals surface area contributed by atoms with Crippen LogP contribution in [-0.2, 0) is 32.7 Å². The van der Waals surface area contributed by atoms with Crippen LogP contribution in [0.1, 0.15) is 128 Å². The van der Waals surface area contributed by atoms with Gasteiger partial charge in [0.05, 0.1) is 50.7 Å². The Morgan fingerprint density at radius 1 is 0.854 bits per heavy atom. The lowest BCUT2D eigenvalue weighted by molar-refractivity contribution is -0.0576. The first-order chi connectivity index (χ1) is 21.9. The SMILES string of the molecule is CC(C)(C)OC(=O)N1CCC[C@H]1c1nc2ccc(B3OC(C)(C)C(C)(CCC4(C)OB(B5OC(C)(C)C(C)(C)O5)OC4(C)C)O3)cc2[nH]1. The second-order valence-corrected chi connectivity index (χ2v) is 17.5. The molecule has 14 heteroatoms. The normalized spacial score (nSPS) is 31.0. The van der Waals surface area contributed by atoms with E-state index in [1.54, 1.807) is 4.90 Å². The van der Waals surface area contributed by atoms with Crippen molar-refractivity contribution in [3.8, 4) is 0 Å². The van der Waals surface area contributed by atoms with Crippen molar-refractivity contribution in [3.05, 3.63) is 24.0 Å². The molecule has 4 aliphatic heterocycles. The van der Waals surface area contributed by atoms with Crippen molar-refractivity contribution in [2.75, 3.05) is 6.54 Å². The first-order valence-corrected chi connectivity index (χ1v) is 17.5. The number of likely N-dealkylation sites (tertiary alicyclic amines) is 1. The van der Waals surface area contributed by atoms with Crippen LogP contribution in [0.25, 0.3) is 11.0 Å². The van der Waals surface area contributed by atoms with Crippen LogP contribution >= 0.6 is 0 Å². The molecule has 0 radical (unpaired) electrons. The smallest absolute Gasteiger partial charge is 0.444 e. The molecule has 1 amide bonds. The quantitative estimate of drug-likeness (QED) is 0.375. The lowest BCUT2D eigenvalue weighted by Crippen LogP contribution is -2.50. The Balaban J connectivity index is 1.15. The van der Waals surface area contributed by atoms with Crippen molar-refractivity contribution in [3.63, 3.8) is 0 Å². The second kappa shape index (κ2) is 11.5. The van der Waals surface area contributed by atoms with E-state index in [1.165, 1.54) is 0 Å². The van der Waals surface area contributed by atoms with Crippen molar-refractivity contribution < 1.29 is 37.5 Å². The van der Waals surface area contributed by atoms with Gasteiger partial charge in [0.2, 0.25) is 0 Å². The van der Waals surface area contributed by atoms with Crippen LogP contribution in [0.2, 0.25) is 0 Å². The molecule has 5 heterocycles. The average Bonchev–Trinajstić information content (AvgIpc) is 3.72. The number of hydrogen-bond acceptors (Lipinski definition) is 9. The number of aromatic nitrogens is 2. The summed E-state index contributed by atoms with van der Waals surface area (Å²) in [4.78, 5) is 23.1. The molecule has 2 unspecified atom stereocenters. The number of H-pyrrole nitrogens is 1. The number of aromatic amines is 1. The third-order valence-corrected chi connectivity index (χ3v) is 11.7. The van der Waals surface area contributed by atoms with Gasteiger partial charge in [0.25, 0.3) is 0 Å². The van der Waals surface area contributed by atoms with E-state index in [0.29, 0.717) is 19.4 Å². The molecule has 3 atom stereocenters. The van der Waals surface area contributed by atoms with Gasteiger partial charge in [-0.15, -0.1) is 0 Å². The summed E-state index contributed by atoms with van der Waals surface area (Å²) in [6, 6.07) is 5.87. The highest BCUT2D eigenvalue weighted by Crippen LogP contribution is 2.48. The largest absolute Gasteiger partial charge is 0.494 e. The van der Waals surface area contributed by atoms with E-state index in [-0.39, 0.29) is 12.1 Å². The van der Waals surface area contributed by atoms with Crippen molar-refractivity contribution in [2.45, 2.75) is 161 Å². The van der Waals surface area contributed by atoms with Crippen LogP contribution in [0.15, 0.2) is 18.2 Å². The maximum atomic E-state index is 12.9. The summed E-state index contributed by atoms with van der Waals surface area (Å²) in [7, 11) is -1.83. The Labute approximate surface area is 287 Å². The predicted octanol–water partition coefficient (Wildman–Crippen LogP) is 5.94. The molecule has 0 bridgehead atoms. The summed E-state index contributed by atoms with van der Waals surface area (Å²) < 4.78 is 44.7. The maximum Gasteiger partial charge on any atom is 0.494 e. The van der Waals surface area contributed by atoms with Gasteiger partial charge in [0.15, 0.2) is 0 Å². The Bertz CT molecular complexity index is 1540. The Hall–Kier alpha value is -2.09. The fraction of sp³-hybridized carbons (Fsp3) is 0.765. The van der Waals surface area contributed by atoms with Gasteiger partial charge < -0.3 is 37.6 Å². The number of rotatable bonds is 6. The Morgan fingerprint density at radius 2 is 1.42 bits per heavy atom. The average molecular weight is 665 g/mol. The van der Waals surface area contributed by atoms with Crippen molar-refractivity contribution in [1.82, 2.24) is 14.9 Å². The number of nitrogens with zero attached hydrogens (tertiary/aromatic N) is 2. The van der Waals surface area contributed by atoms with Crippen molar-refractivity contribution in [2.24, 2.45) is 0 Å². The first-order valence-electron chi connectivity index (χ1n) is 17.5. The summed E-state index contributed by atoms with van der Waals surface area (Å²) >= 11 is 0. The van der Waals surface area contributed by atoms with Crippen LogP contribution in [0.3, 0.4) is 0 Å². The highest BCUT2D eigenvalue weighted by molar-refractivity contribution is 7.11. The van der Waals surface area contributed by atoms with Gasteiger partial charge in [-0.25, -0.2) is 9.78 Å². The van der Waals surface area contributed by atoms with Crippen LogP contribution in [0.4, 0.5) is 4.79 Å². The minimum Gasteiger partial charge on any atom is -0.444 e. The van der Waals surface area contributed by atoms with Gasteiger partial charge in [-0.2, -0.15) is 0 Å². The summed E-state index contributed by atoms with van der Waals surface area (Å²) in [6.45, 7) is 26.9. The summed E-state index contributed by atoms with van der Waals surface area (Å²) in [5, 5.41) is 0. The molecule has 0 spiro atoms. The van der Waals surface area contributed by atoms with Gasteiger partial charge in [-0.3, -0.25) is 4.90 Å². The Kier molecular flexibility index (Phi) is 8.54. The molecule has 2 aromatic rings. The minimum atomic E-state index is -0.646. The van der Waals surface area contributed by atoms with Gasteiger partial charge in [-0.05, 0) is 133 Å². The number of amides is 1. The number of benzene rings is 1. The van der Waals surface area contributed by atoms with Crippen LogP contribution in [-0.4, -0.2) is 87.8 Å². The van der Waals surface area contributed by atoms with Crippen molar-refractivity contribution >= 4 is 43.7 Å². The third-order valence-electron chi connectivity index (χ3n) is 11.7. The molecule has 11 nitrogen and oxygen atoms in total. The predicted molar refractivity (Wildman–Crippen MR) is 187 cm³/mol. The summed E-state index contributed by atoms with van der Waals surface area (Å²) in [5.41, 5.74) is -1.34. The van der Waals surface area contributed by atoms with Gasteiger partial charge in [0.1, 0.15) is 11.4 Å². The van der Waals surface area contributed by atoms with Gasteiger partial charge in [-0.1, -0.05) is 6.07 Å². The fourth-order valence-electron chi connectivity index (χ4n) is 7.02. The van der Waals surface area contributed by atoms with Crippen LogP contribution in [0.5, 0.6) is 0 Å². The molecular weight excluding hydrogens is 611 g/mol. The number of carbonyl (C=O) groups excluding carboxylic acids is 1. The number of carbonyl (C=O) groups is 1. The molecule has 262 valence electrons. The fourth-order valence-corrected chi connectivity index (χ4v) is 7.02. The highest BCUT2D eigenvalue weighted by atomic mass is 16.7. The zero-order valence-corrected chi connectivity index (χ0v) is 31.2. The first kappa shape index (κ1) is 35.7. The molecular formula is C34H54B3N3O8. The highest BCUT2D eigenvalue weighted by Gasteiger charge is 2.65. The maximum absolute atomic E-state index is 12.9. The molecule has 1 aromatic heterocycles. The third kappa shape index (κ3) is 6.23. The van der Waals surface area contributed by atoms with E-state index in [1.807, 2.05) is 66.7 Å². The Morgan fingerprint density at radius 3 is 2.04 bits per heavy atom. The monoisotopic (exact) mass is 665 g/mol.